The highest BCUT2D eigenvalue weighted by atomic mass is 16.6. The minimum Gasteiger partial charge on any atom is -0.376 e. The Hall–Kier alpha value is -4.27. The molecule has 9 nitrogen and oxygen atoms in total. The van der Waals surface area contributed by atoms with Gasteiger partial charge in [-0.15, -0.1) is 0 Å². The fourth-order valence-electron chi connectivity index (χ4n) is 3.02. The lowest BCUT2D eigenvalue weighted by Crippen LogP contribution is -2.32. The first-order chi connectivity index (χ1) is 14.5. The second-order valence-electron chi connectivity index (χ2n) is 6.37. The molecule has 0 fully saturated rings. The van der Waals surface area contributed by atoms with Gasteiger partial charge in [0, 0.05) is 18.3 Å². The highest BCUT2D eigenvalue weighted by molar-refractivity contribution is 5.99. The number of hydrogen-bond acceptors (Lipinski definition) is 6. The van der Waals surface area contributed by atoms with Crippen molar-refractivity contribution in [3.63, 3.8) is 0 Å². The van der Waals surface area contributed by atoms with Crippen molar-refractivity contribution >= 4 is 23.0 Å². The molecule has 2 N–H and O–H groups in total. The lowest BCUT2D eigenvalue weighted by molar-refractivity contribution is -0.422. The summed E-state index contributed by atoms with van der Waals surface area (Å²) in [6.45, 7) is 0.109. The SMILES string of the molecule is O=C(NCC(Nc1ccccc1)c1ccccc1)c1cccc([N+](=O)[O-])c1[N+](=O)[O-]. The van der Waals surface area contributed by atoms with Crippen LogP contribution in [0.25, 0.3) is 0 Å². The van der Waals surface area contributed by atoms with Gasteiger partial charge in [0.25, 0.3) is 5.91 Å². The third-order valence-corrected chi connectivity index (χ3v) is 4.42. The van der Waals surface area contributed by atoms with Gasteiger partial charge in [-0.05, 0) is 23.8 Å². The van der Waals surface area contributed by atoms with Crippen molar-refractivity contribution < 1.29 is 14.6 Å². The summed E-state index contributed by atoms with van der Waals surface area (Å²) >= 11 is 0. The molecule has 0 aliphatic heterocycles. The smallest absolute Gasteiger partial charge is 0.358 e. The maximum atomic E-state index is 12.7. The van der Waals surface area contributed by atoms with E-state index in [9.17, 15) is 25.0 Å². The summed E-state index contributed by atoms with van der Waals surface area (Å²) in [7, 11) is 0. The number of anilines is 1. The molecule has 0 aliphatic carbocycles. The fraction of sp³-hybridized carbons (Fsp3) is 0.0952. The van der Waals surface area contributed by atoms with Gasteiger partial charge >= 0.3 is 11.4 Å². The number of para-hydroxylation sites is 2. The Morgan fingerprint density at radius 1 is 0.833 bits per heavy atom. The number of benzene rings is 3. The first-order valence-electron chi connectivity index (χ1n) is 9.04. The van der Waals surface area contributed by atoms with E-state index in [4.69, 9.17) is 0 Å². The second kappa shape index (κ2) is 9.28. The molecule has 1 unspecified atom stereocenters. The topological polar surface area (TPSA) is 127 Å². The van der Waals surface area contributed by atoms with Crippen molar-refractivity contribution in [2.45, 2.75) is 6.04 Å². The number of amides is 1. The average molecular weight is 406 g/mol. The maximum Gasteiger partial charge on any atom is 0.358 e. The second-order valence-corrected chi connectivity index (χ2v) is 6.37. The fourth-order valence-corrected chi connectivity index (χ4v) is 3.02. The van der Waals surface area contributed by atoms with Gasteiger partial charge in [0.05, 0.1) is 15.9 Å². The number of nitro groups is 2. The average Bonchev–Trinajstić information content (AvgIpc) is 2.77. The molecule has 0 saturated heterocycles. The molecule has 3 rings (SSSR count). The predicted octanol–water partition coefficient (Wildman–Crippen LogP) is 4.09. The van der Waals surface area contributed by atoms with E-state index in [-0.39, 0.29) is 18.2 Å². The lowest BCUT2D eigenvalue weighted by Gasteiger charge is -2.21. The van der Waals surface area contributed by atoms with E-state index in [0.29, 0.717) is 0 Å². The molecule has 1 atom stereocenters. The van der Waals surface area contributed by atoms with Crippen LogP contribution < -0.4 is 10.6 Å². The van der Waals surface area contributed by atoms with Crippen LogP contribution in [0, 0.1) is 20.2 Å². The van der Waals surface area contributed by atoms with Crippen molar-refractivity contribution in [2.75, 3.05) is 11.9 Å². The summed E-state index contributed by atoms with van der Waals surface area (Å²) in [5.74, 6) is -0.763. The van der Waals surface area contributed by atoms with Gasteiger partial charge in [0.15, 0.2) is 0 Å². The van der Waals surface area contributed by atoms with Gasteiger partial charge in [-0.25, -0.2) is 0 Å². The number of rotatable bonds is 8. The molecule has 3 aromatic rings. The van der Waals surface area contributed by atoms with E-state index >= 15 is 0 Å². The standard InChI is InChI=1S/C21H18N4O5/c26-21(17-12-7-13-19(24(27)28)20(17)25(29)30)22-14-18(15-8-3-1-4-9-15)23-16-10-5-2-6-11-16/h1-13,18,23H,14H2,(H,22,26). The number of carbonyl (C=O) groups is 1. The van der Waals surface area contributed by atoms with Gasteiger partial charge in [-0.1, -0.05) is 54.6 Å². The zero-order valence-corrected chi connectivity index (χ0v) is 15.7. The highest BCUT2D eigenvalue weighted by Crippen LogP contribution is 2.30. The molecule has 0 saturated carbocycles. The van der Waals surface area contributed by atoms with E-state index < -0.39 is 27.1 Å². The molecule has 0 bridgehead atoms. The summed E-state index contributed by atoms with van der Waals surface area (Å²) in [6, 6.07) is 21.9. The molecule has 3 aromatic carbocycles. The number of carbonyl (C=O) groups excluding carboxylic acids is 1. The van der Waals surface area contributed by atoms with Crippen LogP contribution in [0.4, 0.5) is 17.1 Å². The molecular formula is C21H18N4O5. The molecule has 0 radical (unpaired) electrons. The Balaban J connectivity index is 1.84. The largest absolute Gasteiger partial charge is 0.376 e. The quantitative estimate of drug-likeness (QED) is 0.428. The summed E-state index contributed by atoms with van der Waals surface area (Å²) in [4.78, 5) is 33.4. The van der Waals surface area contributed by atoms with Crippen LogP contribution in [0.1, 0.15) is 22.0 Å². The predicted molar refractivity (Wildman–Crippen MR) is 111 cm³/mol. The monoisotopic (exact) mass is 406 g/mol. The molecule has 0 spiro atoms. The van der Waals surface area contributed by atoms with Crippen molar-refractivity contribution in [3.8, 4) is 0 Å². The van der Waals surface area contributed by atoms with E-state index in [2.05, 4.69) is 10.6 Å². The molecule has 152 valence electrons. The summed E-state index contributed by atoms with van der Waals surface area (Å²) in [5, 5.41) is 28.4. The molecule has 0 aromatic heterocycles. The van der Waals surface area contributed by atoms with Crippen molar-refractivity contribution in [3.05, 3.63) is 110 Å². The minimum atomic E-state index is -0.913. The Bertz CT molecular complexity index is 1060. The first-order valence-corrected chi connectivity index (χ1v) is 9.04. The van der Waals surface area contributed by atoms with Crippen LogP contribution in [0.15, 0.2) is 78.9 Å². The van der Waals surface area contributed by atoms with Gasteiger partial charge in [-0.3, -0.25) is 25.0 Å². The normalized spacial score (nSPS) is 11.3. The number of hydrogen-bond donors (Lipinski definition) is 2. The van der Waals surface area contributed by atoms with Crippen LogP contribution in [-0.2, 0) is 0 Å². The third-order valence-electron chi connectivity index (χ3n) is 4.42. The molecule has 1 amide bonds. The van der Waals surface area contributed by atoms with Crippen molar-refractivity contribution in [2.24, 2.45) is 0 Å². The molecule has 0 aliphatic rings. The summed E-state index contributed by atoms with van der Waals surface area (Å²) in [5.41, 5.74) is -0.181. The van der Waals surface area contributed by atoms with E-state index in [1.807, 2.05) is 60.7 Å². The lowest BCUT2D eigenvalue weighted by atomic mass is 10.1. The van der Waals surface area contributed by atoms with Gasteiger partial charge < -0.3 is 10.6 Å². The number of nitrogens with one attached hydrogen (secondary N) is 2. The third kappa shape index (κ3) is 4.76. The van der Waals surface area contributed by atoms with Crippen molar-refractivity contribution in [1.82, 2.24) is 5.32 Å². The number of nitrogens with zero attached hydrogens (tertiary/aromatic N) is 2. The van der Waals surface area contributed by atoms with E-state index in [1.54, 1.807) is 0 Å². The van der Waals surface area contributed by atoms with Gasteiger partial charge in [-0.2, -0.15) is 0 Å². The zero-order chi connectivity index (χ0) is 21.5. The van der Waals surface area contributed by atoms with Crippen LogP contribution in [-0.4, -0.2) is 22.3 Å². The summed E-state index contributed by atoms with van der Waals surface area (Å²) < 4.78 is 0. The molecule has 0 heterocycles. The molecular weight excluding hydrogens is 388 g/mol. The maximum absolute atomic E-state index is 12.7. The van der Waals surface area contributed by atoms with E-state index in [1.165, 1.54) is 12.1 Å². The van der Waals surface area contributed by atoms with Gasteiger partial charge in [0.2, 0.25) is 0 Å². The van der Waals surface area contributed by atoms with Crippen LogP contribution >= 0.6 is 0 Å². The van der Waals surface area contributed by atoms with E-state index in [0.717, 1.165) is 17.3 Å². The first kappa shape index (κ1) is 20.5. The Morgan fingerprint density at radius 3 is 2.07 bits per heavy atom. The van der Waals surface area contributed by atoms with Crippen LogP contribution in [0.3, 0.4) is 0 Å². The minimum absolute atomic E-state index is 0.109. The molecule has 30 heavy (non-hydrogen) atoms. The van der Waals surface area contributed by atoms with Crippen LogP contribution in [0.2, 0.25) is 0 Å². The molecule has 9 heteroatoms. The van der Waals surface area contributed by atoms with Crippen LogP contribution in [0.5, 0.6) is 0 Å². The van der Waals surface area contributed by atoms with Crippen molar-refractivity contribution in [1.29, 1.82) is 0 Å². The Morgan fingerprint density at radius 2 is 1.47 bits per heavy atom. The highest BCUT2D eigenvalue weighted by Gasteiger charge is 2.31. The summed E-state index contributed by atoms with van der Waals surface area (Å²) in [6.07, 6.45) is 0. The van der Waals surface area contributed by atoms with Gasteiger partial charge in [0.1, 0.15) is 5.56 Å². The Labute approximate surface area is 171 Å². The Kier molecular flexibility index (Phi) is 6.33. The zero-order valence-electron chi connectivity index (χ0n) is 15.7. The number of nitro benzene ring substituents is 2.